The van der Waals surface area contributed by atoms with Crippen LogP contribution in [0.2, 0.25) is 0 Å². The molecule has 0 aromatic heterocycles. The van der Waals surface area contributed by atoms with Crippen molar-refractivity contribution < 1.29 is 32.7 Å². The summed E-state index contributed by atoms with van der Waals surface area (Å²) in [5.74, 6) is -0.142. The molecule has 0 N–H and O–H groups in total. The molecule has 34 heavy (non-hydrogen) atoms. The molecule has 3 heterocycles. The van der Waals surface area contributed by atoms with Crippen molar-refractivity contribution in [3.8, 4) is 0 Å². The summed E-state index contributed by atoms with van der Waals surface area (Å²) < 4.78 is 43.5. The highest BCUT2D eigenvalue weighted by atomic mass is 32.2. The van der Waals surface area contributed by atoms with Crippen molar-refractivity contribution in [3.63, 3.8) is 0 Å². The van der Waals surface area contributed by atoms with Crippen molar-refractivity contribution in [3.05, 3.63) is 65.7 Å². The van der Waals surface area contributed by atoms with Crippen LogP contribution in [-0.2, 0) is 39.3 Å². The number of fused-ring (bicyclic) bond motifs is 2. The minimum Gasteiger partial charge on any atom is -0.460 e. The van der Waals surface area contributed by atoms with Gasteiger partial charge in [-0.2, -0.15) is 0 Å². The zero-order valence-corrected chi connectivity index (χ0v) is 20.1. The summed E-state index contributed by atoms with van der Waals surface area (Å²) in [4.78, 5) is 12.5. The number of carbonyl (C=O) groups is 1. The molecule has 7 nitrogen and oxygen atoms in total. The second kappa shape index (κ2) is 10.3. The summed E-state index contributed by atoms with van der Waals surface area (Å²) in [7, 11) is -1.28. The van der Waals surface area contributed by atoms with E-state index in [-0.39, 0.29) is 36.1 Å². The normalized spacial score (nSPS) is 33.9. The lowest BCUT2D eigenvalue weighted by atomic mass is 9.90. The number of ether oxygens (including phenoxy) is 5. The smallest absolute Gasteiger partial charge is 0.302 e. The summed E-state index contributed by atoms with van der Waals surface area (Å²) in [6.45, 7) is 3.79. The minimum atomic E-state index is -1.28. The summed E-state index contributed by atoms with van der Waals surface area (Å²) >= 11 is 0. The van der Waals surface area contributed by atoms with Crippen LogP contribution in [-0.4, -0.2) is 59.2 Å². The highest BCUT2D eigenvalue weighted by Gasteiger charge is 2.49. The van der Waals surface area contributed by atoms with Crippen molar-refractivity contribution in [2.45, 2.75) is 74.5 Å². The summed E-state index contributed by atoms with van der Waals surface area (Å²) in [6, 6.07) is 17.4. The van der Waals surface area contributed by atoms with Crippen molar-refractivity contribution in [2.75, 3.05) is 12.4 Å². The first-order valence-corrected chi connectivity index (χ1v) is 13.0. The molecule has 3 aliphatic rings. The third-order valence-corrected chi connectivity index (χ3v) is 8.00. The van der Waals surface area contributed by atoms with Gasteiger partial charge in [0, 0.05) is 30.2 Å². The fourth-order valence-electron chi connectivity index (χ4n) is 4.85. The molecule has 0 saturated carbocycles. The largest absolute Gasteiger partial charge is 0.460 e. The van der Waals surface area contributed by atoms with Gasteiger partial charge in [0.15, 0.2) is 6.29 Å². The average Bonchev–Trinajstić information content (AvgIpc) is 2.83. The second-order valence-corrected chi connectivity index (χ2v) is 10.6. The van der Waals surface area contributed by atoms with Crippen molar-refractivity contribution in [1.29, 1.82) is 0 Å². The first kappa shape index (κ1) is 23.6. The maximum Gasteiger partial charge on any atom is 0.302 e. The monoisotopic (exact) mass is 486 g/mol. The molecule has 3 fully saturated rings. The van der Waals surface area contributed by atoms with E-state index in [1.807, 2.05) is 61.5 Å². The van der Waals surface area contributed by atoms with E-state index in [0.717, 1.165) is 16.0 Å². The van der Waals surface area contributed by atoms with Gasteiger partial charge in [-0.3, -0.25) is 9.00 Å². The lowest BCUT2D eigenvalue weighted by Gasteiger charge is -2.49. The SMILES string of the molecule is CC(=O)O[C@@H]1C[C@@H]2O[C@@H]3CO[C@@H](c4ccccc4)O[C@H]3C[C@H]2O[C@@H]1CS(=O)c1ccc(C)cc1. The Morgan fingerprint density at radius 3 is 2.38 bits per heavy atom. The molecule has 8 atom stereocenters. The third kappa shape index (κ3) is 5.26. The van der Waals surface area contributed by atoms with Crippen LogP contribution in [0.1, 0.15) is 37.2 Å². The summed E-state index contributed by atoms with van der Waals surface area (Å²) in [6.07, 6.45) is -1.17. The summed E-state index contributed by atoms with van der Waals surface area (Å²) in [5.41, 5.74) is 2.07. The van der Waals surface area contributed by atoms with Gasteiger partial charge in [0.25, 0.3) is 0 Å². The Kier molecular flexibility index (Phi) is 7.13. The molecular weight excluding hydrogens is 456 g/mol. The third-order valence-electron chi connectivity index (χ3n) is 6.57. The number of esters is 1. The van der Waals surface area contributed by atoms with Crippen molar-refractivity contribution in [1.82, 2.24) is 0 Å². The van der Waals surface area contributed by atoms with E-state index in [0.29, 0.717) is 19.4 Å². The standard InChI is InChI=1S/C26H30O7S/c1-16-8-10-19(11-9-16)34(28)15-25-23(30-17(2)27)13-20-21(32-25)12-22-24(31-20)14-29-26(33-22)18-6-4-3-5-7-18/h3-11,20-26H,12-15H2,1-2H3/t20-,21+,22-,23+,24+,25+,26+,34?/m0/s1. The topological polar surface area (TPSA) is 80.3 Å². The van der Waals surface area contributed by atoms with Crippen LogP contribution >= 0.6 is 0 Å². The van der Waals surface area contributed by atoms with Gasteiger partial charge in [0.05, 0.1) is 41.5 Å². The molecule has 2 aromatic rings. The maximum absolute atomic E-state index is 13.1. The van der Waals surface area contributed by atoms with E-state index in [4.69, 9.17) is 23.7 Å². The Labute approximate surface area is 202 Å². The second-order valence-electron chi connectivity index (χ2n) is 9.12. The molecule has 0 spiro atoms. The van der Waals surface area contributed by atoms with Crippen molar-refractivity contribution >= 4 is 16.8 Å². The predicted molar refractivity (Wildman–Crippen MR) is 125 cm³/mol. The molecule has 0 aliphatic carbocycles. The number of carbonyl (C=O) groups excluding carboxylic acids is 1. The molecule has 1 unspecified atom stereocenters. The van der Waals surface area contributed by atoms with Crippen LogP contribution in [0.15, 0.2) is 59.5 Å². The van der Waals surface area contributed by atoms with Gasteiger partial charge in [-0.1, -0.05) is 48.0 Å². The molecule has 0 bridgehead atoms. The van der Waals surface area contributed by atoms with E-state index in [2.05, 4.69) is 0 Å². The first-order valence-electron chi connectivity index (χ1n) is 11.7. The van der Waals surface area contributed by atoms with E-state index >= 15 is 0 Å². The van der Waals surface area contributed by atoms with Gasteiger partial charge in [-0.25, -0.2) is 0 Å². The van der Waals surface area contributed by atoms with E-state index < -0.39 is 29.3 Å². The molecule has 2 aromatic carbocycles. The Bertz CT molecular complexity index is 1010. The molecular formula is C26H30O7S. The van der Waals surface area contributed by atoms with Crippen LogP contribution in [0.3, 0.4) is 0 Å². The van der Waals surface area contributed by atoms with Crippen LogP contribution < -0.4 is 0 Å². The Balaban J connectivity index is 1.28. The number of rotatable bonds is 5. The van der Waals surface area contributed by atoms with Crippen LogP contribution in [0, 0.1) is 6.92 Å². The average molecular weight is 487 g/mol. The van der Waals surface area contributed by atoms with E-state index in [9.17, 15) is 9.00 Å². The fraction of sp³-hybridized carbons (Fsp3) is 0.500. The lowest BCUT2D eigenvalue weighted by Crippen LogP contribution is -2.59. The number of hydrogen-bond acceptors (Lipinski definition) is 7. The number of hydrogen-bond donors (Lipinski definition) is 0. The van der Waals surface area contributed by atoms with Gasteiger partial charge in [-0.15, -0.1) is 0 Å². The Morgan fingerprint density at radius 2 is 1.65 bits per heavy atom. The number of aryl methyl sites for hydroxylation is 1. The van der Waals surface area contributed by atoms with Crippen LogP contribution in [0.5, 0.6) is 0 Å². The van der Waals surface area contributed by atoms with E-state index in [1.54, 1.807) is 0 Å². The lowest BCUT2D eigenvalue weighted by molar-refractivity contribution is -0.320. The number of benzene rings is 2. The molecule has 5 rings (SSSR count). The van der Waals surface area contributed by atoms with Gasteiger partial charge >= 0.3 is 5.97 Å². The molecule has 0 radical (unpaired) electrons. The van der Waals surface area contributed by atoms with Gasteiger partial charge in [0.2, 0.25) is 0 Å². The quantitative estimate of drug-likeness (QED) is 0.599. The molecule has 8 heteroatoms. The van der Waals surface area contributed by atoms with Gasteiger partial charge in [0.1, 0.15) is 18.3 Å². The van der Waals surface area contributed by atoms with Gasteiger partial charge in [-0.05, 0) is 19.1 Å². The Hall–Kier alpha value is -2.10. The maximum atomic E-state index is 13.1. The highest BCUT2D eigenvalue weighted by molar-refractivity contribution is 7.85. The first-order chi connectivity index (χ1) is 16.5. The fourth-order valence-corrected chi connectivity index (χ4v) is 6.07. The predicted octanol–water partition coefficient (Wildman–Crippen LogP) is 3.46. The highest BCUT2D eigenvalue weighted by Crippen LogP contribution is 2.39. The van der Waals surface area contributed by atoms with Crippen LogP contribution in [0.4, 0.5) is 0 Å². The molecule has 182 valence electrons. The van der Waals surface area contributed by atoms with E-state index in [1.165, 1.54) is 6.92 Å². The Morgan fingerprint density at radius 1 is 0.941 bits per heavy atom. The van der Waals surface area contributed by atoms with Gasteiger partial charge < -0.3 is 23.7 Å². The minimum absolute atomic E-state index is 0.172. The van der Waals surface area contributed by atoms with Crippen molar-refractivity contribution in [2.24, 2.45) is 0 Å². The molecule has 3 saturated heterocycles. The summed E-state index contributed by atoms with van der Waals surface area (Å²) in [5, 5.41) is 0. The zero-order chi connectivity index (χ0) is 23.7. The zero-order valence-electron chi connectivity index (χ0n) is 19.3. The molecule has 0 amide bonds. The van der Waals surface area contributed by atoms with Crippen LogP contribution in [0.25, 0.3) is 0 Å². The molecule has 3 aliphatic heterocycles.